The second-order valence-electron chi connectivity index (χ2n) is 9.96. The van der Waals surface area contributed by atoms with Crippen LogP contribution in [0.1, 0.15) is 73.3 Å². The molecule has 0 spiro atoms. The second kappa shape index (κ2) is 11.3. The number of pyridine rings is 1. The molecule has 1 aliphatic heterocycles. The van der Waals surface area contributed by atoms with Gasteiger partial charge >= 0.3 is 0 Å². The molecule has 2 aromatic rings. The Morgan fingerprint density at radius 1 is 1.20 bits per heavy atom. The van der Waals surface area contributed by atoms with Crippen LogP contribution < -0.4 is 0 Å². The summed E-state index contributed by atoms with van der Waals surface area (Å²) in [5.41, 5.74) is 6.17. The summed E-state index contributed by atoms with van der Waals surface area (Å²) in [5.74, 6) is -0.108. The van der Waals surface area contributed by atoms with E-state index in [4.69, 9.17) is 11.6 Å². The predicted octanol–water partition coefficient (Wildman–Crippen LogP) is 7.52. The molecule has 1 aromatic heterocycles. The summed E-state index contributed by atoms with van der Waals surface area (Å²) in [4.78, 5) is 23.2. The third kappa shape index (κ3) is 6.28. The number of nitrogens with zero attached hydrogens (tertiary/aromatic N) is 2. The molecule has 0 bridgehead atoms. The number of hydrogen-bond acceptors (Lipinski definition) is 3. The monoisotopic (exact) mass is 496 g/mol. The van der Waals surface area contributed by atoms with Crippen molar-refractivity contribution in [3.8, 4) is 0 Å². The van der Waals surface area contributed by atoms with Gasteiger partial charge in [0, 0.05) is 46.5 Å². The highest BCUT2D eigenvalue weighted by Gasteiger charge is 2.25. The summed E-state index contributed by atoms with van der Waals surface area (Å²) < 4.78 is 12.4. The van der Waals surface area contributed by atoms with Crippen molar-refractivity contribution in [2.24, 2.45) is 0 Å². The zero-order valence-corrected chi connectivity index (χ0v) is 22.0. The Bertz CT molecular complexity index is 1130. The molecular weight excluding hydrogens is 463 g/mol. The fraction of sp³-hybridized carbons (Fsp3) is 0.379. The number of halogens is 2. The van der Waals surface area contributed by atoms with Crippen molar-refractivity contribution in [1.82, 2.24) is 9.88 Å². The van der Waals surface area contributed by atoms with Crippen molar-refractivity contribution in [3.05, 3.63) is 88.2 Å². The van der Waals surface area contributed by atoms with Crippen molar-refractivity contribution in [2.75, 3.05) is 13.1 Å². The lowest BCUT2D eigenvalue weighted by Crippen LogP contribution is -2.40. The summed E-state index contributed by atoms with van der Waals surface area (Å²) in [5, 5.41) is 0.488. The summed E-state index contributed by atoms with van der Waals surface area (Å²) in [7, 11) is 0. The van der Waals surface area contributed by atoms with Gasteiger partial charge in [-0.3, -0.25) is 9.78 Å². The molecule has 4 nitrogen and oxygen atoms in total. The van der Waals surface area contributed by atoms with Gasteiger partial charge in [0.1, 0.15) is 6.10 Å². The SMILES string of the molecule is C=C/C(=C\C(=C/C)c1ccnc(C(C)(C)C)c1)c1c(C)cc(C(=O)N2CCC(OF)CC2)cc1Cl. The molecule has 6 heteroatoms. The molecule has 35 heavy (non-hydrogen) atoms. The van der Waals surface area contributed by atoms with E-state index in [9.17, 15) is 9.32 Å². The lowest BCUT2D eigenvalue weighted by atomic mass is 9.89. The Morgan fingerprint density at radius 3 is 2.43 bits per heavy atom. The minimum Gasteiger partial charge on any atom is -0.338 e. The van der Waals surface area contributed by atoms with Crippen LogP contribution in [0.5, 0.6) is 0 Å². The number of rotatable bonds is 6. The lowest BCUT2D eigenvalue weighted by molar-refractivity contribution is -0.189. The fourth-order valence-corrected chi connectivity index (χ4v) is 4.69. The largest absolute Gasteiger partial charge is 0.338 e. The lowest BCUT2D eigenvalue weighted by Gasteiger charge is -2.30. The van der Waals surface area contributed by atoms with Gasteiger partial charge in [-0.05, 0) is 83.8 Å². The van der Waals surface area contributed by atoms with Crippen LogP contribution in [0.15, 0.2) is 55.3 Å². The maximum absolute atomic E-state index is 13.1. The molecule has 0 saturated carbocycles. The Labute approximate surface area is 213 Å². The molecule has 0 unspecified atom stereocenters. The van der Waals surface area contributed by atoms with Crippen molar-refractivity contribution >= 4 is 28.7 Å². The molecule has 186 valence electrons. The van der Waals surface area contributed by atoms with Crippen LogP contribution in [0, 0.1) is 6.92 Å². The van der Waals surface area contributed by atoms with Crippen LogP contribution in [0.4, 0.5) is 4.53 Å². The first kappa shape index (κ1) is 26.8. The van der Waals surface area contributed by atoms with Gasteiger partial charge in [-0.1, -0.05) is 51.1 Å². The van der Waals surface area contributed by atoms with Crippen LogP contribution in [0.3, 0.4) is 0 Å². The van der Waals surface area contributed by atoms with E-state index in [1.165, 1.54) is 0 Å². The van der Waals surface area contributed by atoms with Crippen LogP contribution >= 0.6 is 11.6 Å². The van der Waals surface area contributed by atoms with Gasteiger partial charge in [-0.2, -0.15) is 4.94 Å². The van der Waals surface area contributed by atoms with Gasteiger partial charge < -0.3 is 4.90 Å². The van der Waals surface area contributed by atoms with Crippen LogP contribution in [-0.4, -0.2) is 35.0 Å². The average Bonchev–Trinajstić information content (AvgIpc) is 2.84. The maximum atomic E-state index is 13.1. The molecule has 0 N–H and O–H groups in total. The van der Waals surface area contributed by atoms with Crippen LogP contribution in [0.25, 0.3) is 11.1 Å². The Balaban J connectivity index is 1.93. The third-order valence-electron chi connectivity index (χ3n) is 6.38. The number of aromatic nitrogens is 1. The zero-order chi connectivity index (χ0) is 25.8. The van der Waals surface area contributed by atoms with Crippen LogP contribution in [0.2, 0.25) is 5.02 Å². The Hall–Kier alpha value is -2.76. The number of aryl methyl sites for hydroxylation is 1. The standard InChI is InChI=1S/C29H34ClFN2O2/c1-7-20(22-9-12-32-26(18-22)29(4,5)6)16-21(8-2)27-19(3)15-23(17-25(27)30)28(34)33-13-10-24(35-31)11-14-33/h7-9,12,15-18,24H,2,10-11,13-14H2,1,3-6H3/b20-7+,21-16+. The van der Waals surface area contributed by atoms with Gasteiger partial charge in [-0.15, -0.1) is 0 Å². The van der Waals surface area contributed by atoms with E-state index in [1.807, 2.05) is 32.2 Å². The molecule has 0 aliphatic carbocycles. The van der Waals surface area contributed by atoms with E-state index in [0.717, 1.165) is 33.5 Å². The minimum atomic E-state index is -0.437. The van der Waals surface area contributed by atoms with Crippen molar-refractivity contribution in [2.45, 2.75) is 59.0 Å². The highest BCUT2D eigenvalue weighted by Crippen LogP contribution is 2.33. The quantitative estimate of drug-likeness (QED) is 0.388. The van der Waals surface area contributed by atoms with E-state index in [1.54, 1.807) is 17.0 Å². The number of carbonyl (C=O) groups excluding carboxylic acids is 1. The van der Waals surface area contributed by atoms with Crippen LogP contribution in [-0.2, 0) is 10.4 Å². The van der Waals surface area contributed by atoms with Gasteiger partial charge in [0.05, 0.1) is 0 Å². The number of allylic oxidation sites excluding steroid dienone is 5. The van der Waals surface area contributed by atoms with Gasteiger partial charge in [0.25, 0.3) is 5.91 Å². The molecule has 1 saturated heterocycles. The molecule has 1 fully saturated rings. The third-order valence-corrected chi connectivity index (χ3v) is 6.68. The fourth-order valence-electron chi connectivity index (χ4n) is 4.32. The molecule has 0 atom stereocenters. The Kier molecular flexibility index (Phi) is 8.68. The smallest absolute Gasteiger partial charge is 0.253 e. The number of benzene rings is 1. The topological polar surface area (TPSA) is 42.4 Å². The minimum absolute atomic E-state index is 0.0593. The Morgan fingerprint density at radius 2 is 1.89 bits per heavy atom. The molecule has 1 aliphatic rings. The van der Waals surface area contributed by atoms with Gasteiger partial charge in [0.2, 0.25) is 0 Å². The number of piperidine rings is 1. The first-order valence-corrected chi connectivity index (χ1v) is 12.3. The van der Waals surface area contributed by atoms with Gasteiger partial charge in [-0.25, -0.2) is 0 Å². The number of likely N-dealkylation sites (tertiary alicyclic amines) is 1. The normalized spacial score (nSPS) is 15.9. The van der Waals surface area contributed by atoms with E-state index >= 15 is 0 Å². The first-order chi connectivity index (χ1) is 16.6. The predicted molar refractivity (Wildman–Crippen MR) is 142 cm³/mol. The summed E-state index contributed by atoms with van der Waals surface area (Å²) in [6.45, 7) is 15.3. The molecule has 2 heterocycles. The highest BCUT2D eigenvalue weighted by molar-refractivity contribution is 6.33. The molecule has 3 rings (SSSR count). The number of hydrogen-bond donors (Lipinski definition) is 0. The van der Waals surface area contributed by atoms with E-state index in [-0.39, 0.29) is 11.3 Å². The van der Waals surface area contributed by atoms with E-state index < -0.39 is 6.10 Å². The number of amides is 1. The summed E-state index contributed by atoms with van der Waals surface area (Å²) >= 11 is 6.74. The molecule has 0 radical (unpaired) electrons. The highest BCUT2D eigenvalue weighted by atomic mass is 35.5. The average molecular weight is 497 g/mol. The van der Waals surface area contributed by atoms with Crippen molar-refractivity contribution < 1.29 is 14.3 Å². The number of carbonyl (C=O) groups is 1. The molecular formula is C29H34ClFN2O2. The van der Waals surface area contributed by atoms with E-state index in [0.29, 0.717) is 36.5 Å². The zero-order valence-electron chi connectivity index (χ0n) is 21.2. The van der Waals surface area contributed by atoms with E-state index in [2.05, 4.69) is 55.5 Å². The molecule has 1 amide bonds. The maximum Gasteiger partial charge on any atom is 0.253 e. The molecule has 1 aromatic carbocycles. The van der Waals surface area contributed by atoms with Gasteiger partial charge in [0.15, 0.2) is 0 Å². The second-order valence-corrected chi connectivity index (χ2v) is 10.4. The summed E-state index contributed by atoms with van der Waals surface area (Å²) in [6, 6.07) is 7.67. The van der Waals surface area contributed by atoms with Crippen molar-refractivity contribution in [3.63, 3.8) is 0 Å². The first-order valence-electron chi connectivity index (χ1n) is 11.9. The van der Waals surface area contributed by atoms with Crippen molar-refractivity contribution in [1.29, 1.82) is 0 Å². The summed E-state index contributed by atoms with van der Waals surface area (Å²) in [6.07, 6.45) is 8.26.